The lowest BCUT2D eigenvalue weighted by Gasteiger charge is -2.13. The Morgan fingerprint density at radius 1 is 1.37 bits per heavy atom. The van der Waals surface area contributed by atoms with Crippen LogP contribution in [0.4, 0.5) is 0 Å². The van der Waals surface area contributed by atoms with Gasteiger partial charge in [0.1, 0.15) is 5.40 Å². The van der Waals surface area contributed by atoms with Gasteiger partial charge in [-0.05, 0) is 38.3 Å². The van der Waals surface area contributed by atoms with Gasteiger partial charge < -0.3 is 14.8 Å². The molecule has 2 unspecified atom stereocenters. The number of nitrogens with one attached hydrogen (secondary N) is 1. The SMILES string of the molecule is COC(C)/C=C\C(=C/C(C)OC)c1nc(SC#N)ncc1C(=O)NC1CC1. The van der Waals surface area contributed by atoms with Crippen molar-refractivity contribution in [2.24, 2.45) is 0 Å². The molecule has 0 bridgehead atoms. The number of nitrogens with zero attached hydrogens (tertiary/aromatic N) is 3. The summed E-state index contributed by atoms with van der Waals surface area (Å²) in [7, 11) is 3.23. The quantitative estimate of drug-likeness (QED) is 0.301. The third-order valence-corrected chi connectivity index (χ3v) is 4.51. The number of carbonyl (C=O) groups is 1. The van der Waals surface area contributed by atoms with Crippen molar-refractivity contribution in [2.45, 2.75) is 50.1 Å². The van der Waals surface area contributed by atoms with E-state index in [4.69, 9.17) is 14.7 Å². The van der Waals surface area contributed by atoms with Crippen molar-refractivity contribution in [3.8, 4) is 5.40 Å². The Morgan fingerprint density at radius 3 is 2.67 bits per heavy atom. The third kappa shape index (κ3) is 6.47. The van der Waals surface area contributed by atoms with Gasteiger partial charge in [-0.1, -0.05) is 12.2 Å². The molecular weight excluding hydrogens is 364 g/mol. The minimum Gasteiger partial charge on any atom is -0.378 e. The number of hydrogen-bond acceptors (Lipinski definition) is 7. The Balaban J connectivity index is 2.50. The minimum atomic E-state index is -0.217. The lowest BCUT2D eigenvalue weighted by molar-refractivity contribution is 0.0949. The van der Waals surface area contributed by atoms with E-state index >= 15 is 0 Å². The highest BCUT2D eigenvalue weighted by Gasteiger charge is 2.26. The lowest BCUT2D eigenvalue weighted by Crippen LogP contribution is -2.27. The second-order valence-corrected chi connectivity index (χ2v) is 6.97. The summed E-state index contributed by atoms with van der Waals surface area (Å²) in [5.41, 5.74) is 1.54. The van der Waals surface area contributed by atoms with Gasteiger partial charge in [0, 0.05) is 38.2 Å². The second-order valence-electron chi connectivity index (χ2n) is 6.22. The Bertz CT molecular complexity index is 769. The fourth-order valence-electron chi connectivity index (χ4n) is 2.18. The van der Waals surface area contributed by atoms with E-state index < -0.39 is 0 Å². The lowest BCUT2D eigenvalue weighted by atomic mass is 10.0. The Morgan fingerprint density at radius 2 is 2.07 bits per heavy atom. The van der Waals surface area contributed by atoms with E-state index in [9.17, 15) is 4.79 Å². The summed E-state index contributed by atoms with van der Waals surface area (Å²) in [6, 6.07) is 0.216. The molecule has 1 saturated carbocycles. The van der Waals surface area contributed by atoms with Crippen LogP contribution >= 0.6 is 11.8 Å². The van der Waals surface area contributed by atoms with Crippen LogP contribution < -0.4 is 5.32 Å². The summed E-state index contributed by atoms with van der Waals surface area (Å²) in [5.74, 6) is -0.217. The van der Waals surface area contributed by atoms with Crippen molar-refractivity contribution >= 4 is 23.2 Å². The number of thioether (sulfide) groups is 1. The molecular formula is C19H24N4O3S. The first-order valence-corrected chi connectivity index (χ1v) is 9.50. The highest BCUT2D eigenvalue weighted by molar-refractivity contribution is 8.03. The molecule has 1 amide bonds. The van der Waals surface area contributed by atoms with Crippen LogP contribution in [0.25, 0.3) is 5.57 Å². The fraction of sp³-hybridized carbons (Fsp3) is 0.474. The van der Waals surface area contributed by atoms with Gasteiger partial charge in [0.2, 0.25) is 5.16 Å². The number of methoxy groups -OCH3 is 2. The zero-order chi connectivity index (χ0) is 19.8. The van der Waals surface area contributed by atoms with Gasteiger partial charge >= 0.3 is 0 Å². The number of rotatable bonds is 9. The number of thiocyanates is 1. The molecule has 1 aromatic heterocycles. The number of amides is 1. The predicted molar refractivity (Wildman–Crippen MR) is 104 cm³/mol. The molecule has 1 heterocycles. The second kappa shape index (κ2) is 10.2. The normalized spacial score (nSPS) is 16.8. The largest absolute Gasteiger partial charge is 0.378 e. The molecule has 0 radical (unpaired) electrons. The molecule has 8 heteroatoms. The maximum Gasteiger partial charge on any atom is 0.255 e. The topological polar surface area (TPSA) is 97.1 Å². The number of aromatic nitrogens is 2. The number of nitriles is 1. The standard InChI is InChI=1S/C19H24N4O3S/c1-12(25-3)5-6-14(9-13(2)26-4)17-16(18(24)22-15-7-8-15)10-21-19(23-17)27-11-20/h5-6,9-10,12-13,15H,7-8H2,1-4H3,(H,22,24)/b6-5-,14-9+. The van der Waals surface area contributed by atoms with E-state index in [-0.39, 0.29) is 24.2 Å². The van der Waals surface area contributed by atoms with Gasteiger partial charge in [0.05, 0.1) is 23.5 Å². The van der Waals surface area contributed by atoms with Gasteiger partial charge in [-0.3, -0.25) is 4.79 Å². The average molecular weight is 388 g/mol. The fourth-order valence-corrected chi connectivity index (χ4v) is 2.51. The van der Waals surface area contributed by atoms with Crippen molar-refractivity contribution in [3.63, 3.8) is 0 Å². The Hall–Kier alpha value is -2.21. The molecule has 1 fully saturated rings. The van der Waals surface area contributed by atoms with Gasteiger partial charge in [-0.15, -0.1) is 0 Å². The molecule has 2 rings (SSSR count). The van der Waals surface area contributed by atoms with Crippen molar-refractivity contribution in [2.75, 3.05) is 14.2 Å². The molecule has 7 nitrogen and oxygen atoms in total. The van der Waals surface area contributed by atoms with Crippen LogP contribution in [0.15, 0.2) is 29.6 Å². The van der Waals surface area contributed by atoms with Crippen LogP contribution in [-0.2, 0) is 9.47 Å². The number of ether oxygens (including phenoxy) is 2. The van der Waals surface area contributed by atoms with Gasteiger partial charge in [-0.25, -0.2) is 9.97 Å². The first-order valence-electron chi connectivity index (χ1n) is 8.68. The molecule has 27 heavy (non-hydrogen) atoms. The molecule has 1 N–H and O–H groups in total. The third-order valence-electron chi connectivity index (χ3n) is 4.04. The summed E-state index contributed by atoms with van der Waals surface area (Å²) >= 11 is 0.851. The molecule has 1 aromatic rings. The monoisotopic (exact) mass is 388 g/mol. The maximum atomic E-state index is 12.7. The van der Waals surface area contributed by atoms with E-state index in [0.717, 1.165) is 24.6 Å². The summed E-state index contributed by atoms with van der Waals surface area (Å²) in [5, 5.41) is 14.1. The van der Waals surface area contributed by atoms with Gasteiger partial charge in [-0.2, -0.15) is 5.26 Å². The Labute approximate surface area is 163 Å². The number of hydrogen-bond donors (Lipinski definition) is 1. The summed E-state index contributed by atoms with van der Waals surface area (Å²) in [4.78, 5) is 21.3. The molecule has 1 aliphatic carbocycles. The van der Waals surface area contributed by atoms with Crippen LogP contribution in [0.5, 0.6) is 0 Å². The van der Waals surface area contributed by atoms with E-state index in [0.29, 0.717) is 22.0 Å². The highest BCUT2D eigenvalue weighted by atomic mass is 32.2. The first kappa shape index (κ1) is 21.1. The molecule has 2 atom stereocenters. The van der Waals surface area contributed by atoms with Crippen molar-refractivity contribution in [1.29, 1.82) is 5.26 Å². The van der Waals surface area contributed by atoms with Crippen LogP contribution in [0.1, 0.15) is 42.7 Å². The maximum absolute atomic E-state index is 12.7. The summed E-state index contributed by atoms with van der Waals surface area (Å²) in [6.07, 6.45) is 8.73. The Kier molecular flexibility index (Phi) is 7.98. The summed E-state index contributed by atoms with van der Waals surface area (Å²) in [6.45, 7) is 3.80. The molecule has 0 saturated heterocycles. The van der Waals surface area contributed by atoms with Crippen LogP contribution in [0, 0.1) is 10.7 Å². The van der Waals surface area contributed by atoms with E-state index in [1.165, 1.54) is 6.20 Å². The average Bonchev–Trinajstić information content (AvgIpc) is 3.48. The van der Waals surface area contributed by atoms with Crippen LogP contribution in [0.2, 0.25) is 0 Å². The van der Waals surface area contributed by atoms with E-state index in [1.54, 1.807) is 14.2 Å². The number of carbonyl (C=O) groups excluding carboxylic acids is 1. The van der Waals surface area contributed by atoms with Crippen molar-refractivity contribution < 1.29 is 14.3 Å². The predicted octanol–water partition coefficient (Wildman–Crippen LogP) is 2.95. The molecule has 0 aliphatic heterocycles. The zero-order valence-corrected chi connectivity index (χ0v) is 16.7. The smallest absolute Gasteiger partial charge is 0.255 e. The van der Waals surface area contributed by atoms with Crippen LogP contribution in [0.3, 0.4) is 0 Å². The zero-order valence-electron chi connectivity index (χ0n) is 15.9. The van der Waals surface area contributed by atoms with Crippen LogP contribution in [-0.4, -0.2) is 48.3 Å². The van der Waals surface area contributed by atoms with E-state index in [2.05, 4.69) is 15.3 Å². The molecule has 144 valence electrons. The van der Waals surface area contributed by atoms with E-state index in [1.807, 2.05) is 37.5 Å². The van der Waals surface area contributed by atoms with Crippen molar-refractivity contribution in [3.05, 3.63) is 35.7 Å². The highest BCUT2D eigenvalue weighted by Crippen LogP contribution is 2.25. The van der Waals surface area contributed by atoms with Gasteiger partial charge in [0.25, 0.3) is 5.91 Å². The van der Waals surface area contributed by atoms with Crippen molar-refractivity contribution in [1.82, 2.24) is 15.3 Å². The first-order chi connectivity index (χ1) is 13.0. The summed E-state index contributed by atoms with van der Waals surface area (Å²) < 4.78 is 10.6. The minimum absolute atomic E-state index is 0.107. The number of allylic oxidation sites excluding steroid dienone is 2. The molecule has 1 aliphatic rings. The molecule has 0 spiro atoms. The van der Waals surface area contributed by atoms with Gasteiger partial charge in [0.15, 0.2) is 0 Å². The molecule has 0 aromatic carbocycles.